The Labute approximate surface area is 187 Å². The van der Waals surface area contributed by atoms with Gasteiger partial charge in [0.15, 0.2) is 5.65 Å². The number of aromatic nitrogens is 5. The molecule has 0 radical (unpaired) electrons. The van der Waals surface area contributed by atoms with Crippen LogP contribution in [-0.4, -0.2) is 74.2 Å². The van der Waals surface area contributed by atoms with Gasteiger partial charge in [0.25, 0.3) is 0 Å². The largest absolute Gasteiger partial charge is 0.342 e. The summed E-state index contributed by atoms with van der Waals surface area (Å²) in [6.45, 7) is 6.27. The molecule has 0 aliphatic carbocycles. The molecule has 1 fully saturated rings. The molecule has 1 aliphatic heterocycles. The summed E-state index contributed by atoms with van der Waals surface area (Å²) in [6.07, 6.45) is 5.53. The lowest BCUT2D eigenvalue weighted by molar-refractivity contribution is -0.132. The van der Waals surface area contributed by atoms with Crippen molar-refractivity contribution in [3.8, 4) is 11.1 Å². The van der Waals surface area contributed by atoms with E-state index in [9.17, 15) is 4.79 Å². The number of hydrogen-bond donors (Lipinski definition) is 1. The first-order chi connectivity index (χ1) is 15.4. The van der Waals surface area contributed by atoms with Crippen molar-refractivity contribution < 1.29 is 4.79 Å². The third-order valence-corrected chi connectivity index (χ3v) is 6.51. The van der Waals surface area contributed by atoms with Crippen molar-refractivity contribution in [3.05, 3.63) is 47.5 Å². The van der Waals surface area contributed by atoms with Gasteiger partial charge in [-0.15, -0.1) is 0 Å². The molecule has 8 heteroatoms. The Balaban J connectivity index is 1.41. The lowest BCUT2D eigenvalue weighted by Crippen LogP contribution is -2.42. The van der Waals surface area contributed by atoms with Crippen molar-refractivity contribution in [2.75, 3.05) is 33.7 Å². The van der Waals surface area contributed by atoms with Crippen LogP contribution in [0.3, 0.4) is 0 Å². The maximum atomic E-state index is 12.4. The maximum Gasteiger partial charge on any atom is 0.236 e. The molecule has 1 amide bonds. The molecule has 1 aliphatic rings. The number of piperidine rings is 1. The summed E-state index contributed by atoms with van der Waals surface area (Å²) in [5, 5.41) is 13.4. The average molecular weight is 432 g/mol. The third-order valence-electron chi connectivity index (χ3n) is 6.51. The fourth-order valence-corrected chi connectivity index (χ4v) is 4.84. The van der Waals surface area contributed by atoms with Crippen LogP contribution in [0.1, 0.15) is 35.6 Å². The lowest BCUT2D eigenvalue weighted by Gasteiger charge is -2.32. The monoisotopic (exact) mass is 431 g/mol. The van der Waals surface area contributed by atoms with E-state index in [0.717, 1.165) is 53.8 Å². The highest BCUT2D eigenvalue weighted by molar-refractivity contribution is 5.88. The van der Waals surface area contributed by atoms with Crippen LogP contribution in [0.15, 0.2) is 30.7 Å². The number of rotatable bonds is 4. The number of nitrogens with zero attached hydrogens (tertiary/aromatic N) is 6. The summed E-state index contributed by atoms with van der Waals surface area (Å²) < 4.78 is 1.83. The zero-order chi connectivity index (χ0) is 22.4. The zero-order valence-corrected chi connectivity index (χ0v) is 19.1. The van der Waals surface area contributed by atoms with Crippen LogP contribution < -0.4 is 0 Å². The fraction of sp³-hybridized carbons (Fsp3) is 0.417. The van der Waals surface area contributed by atoms with Gasteiger partial charge in [0.2, 0.25) is 5.91 Å². The number of carbonyl (C=O) groups excluding carboxylic acids is 1. The molecule has 3 aromatic heterocycles. The van der Waals surface area contributed by atoms with Crippen LogP contribution in [0, 0.1) is 13.8 Å². The molecule has 0 spiro atoms. The zero-order valence-electron chi connectivity index (χ0n) is 19.1. The molecule has 0 unspecified atom stereocenters. The predicted molar refractivity (Wildman–Crippen MR) is 125 cm³/mol. The number of fused-ring (bicyclic) bond motifs is 2. The number of H-pyrrole nitrogens is 1. The van der Waals surface area contributed by atoms with Gasteiger partial charge >= 0.3 is 0 Å². The second-order valence-electron chi connectivity index (χ2n) is 9.15. The van der Waals surface area contributed by atoms with Gasteiger partial charge in [0, 0.05) is 41.8 Å². The first kappa shape index (κ1) is 20.6. The molecule has 4 heterocycles. The summed E-state index contributed by atoms with van der Waals surface area (Å²) in [5.41, 5.74) is 7.61. The summed E-state index contributed by atoms with van der Waals surface area (Å²) in [5.74, 6) is 0.602. The topological polar surface area (TPSA) is 82.4 Å². The molecule has 8 nitrogen and oxygen atoms in total. The van der Waals surface area contributed by atoms with E-state index in [1.807, 2.05) is 34.6 Å². The number of amides is 1. The van der Waals surface area contributed by atoms with E-state index in [2.05, 4.69) is 52.3 Å². The van der Waals surface area contributed by atoms with Gasteiger partial charge in [-0.25, -0.2) is 9.50 Å². The number of likely N-dealkylation sites (N-methyl/N-ethyl adjacent to an activating group) is 1. The Morgan fingerprint density at radius 1 is 1.16 bits per heavy atom. The number of nitrogens with one attached hydrogen (secondary N) is 1. The van der Waals surface area contributed by atoms with E-state index in [0.29, 0.717) is 12.5 Å². The molecular weight excluding hydrogens is 402 g/mol. The molecule has 1 N–H and O–H groups in total. The maximum absolute atomic E-state index is 12.4. The smallest absolute Gasteiger partial charge is 0.236 e. The summed E-state index contributed by atoms with van der Waals surface area (Å²) >= 11 is 0. The van der Waals surface area contributed by atoms with Crippen molar-refractivity contribution >= 4 is 22.5 Å². The molecule has 0 bridgehead atoms. The summed E-state index contributed by atoms with van der Waals surface area (Å²) in [7, 11) is 3.87. The Morgan fingerprint density at radius 3 is 2.69 bits per heavy atom. The van der Waals surface area contributed by atoms with Crippen LogP contribution in [-0.2, 0) is 4.79 Å². The predicted octanol–water partition coefficient (Wildman–Crippen LogP) is 3.16. The van der Waals surface area contributed by atoms with Gasteiger partial charge in [-0.05, 0) is 75.7 Å². The minimum atomic E-state index is 0.211. The average Bonchev–Trinajstić information content (AvgIpc) is 3.39. The first-order valence-electron chi connectivity index (χ1n) is 11.1. The minimum absolute atomic E-state index is 0.211. The van der Waals surface area contributed by atoms with E-state index in [-0.39, 0.29) is 5.91 Å². The number of aryl methyl sites for hydroxylation is 2. The van der Waals surface area contributed by atoms with Crippen molar-refractivity contribution in [2.45, 2.75) is 32.6 Å². The van der Waals surface area contributed by atoms with Gasteiger partial charge in [-0.1, -0.05) is 0 Å². The highest BCUT2D eigenvalue weighted by atomic mass is 16.2. The van der Waals surface area contributed by atoms with E-state index < -0.39 is 0 Å². The van der Waals surface area contributed by atoms with Crippen molar-refractivity contribution in [3.63, 3.8) is 0 Å². The van der Waals surface area contributed by atoms with Gasteiger partial charge in [-0.3, -0.25) is 9.89 Å². The molecule has 0 atom stereocenters. The quantitative estimate of drug-likeness (QED) is 0.537. The number of carbonyl (C=O) groups is 1. The van der Waals surface area contributed by atoms with Crippen LogP contribution in [0.5, 0.6) is 0 Å². The first-order valence-corrected chi connectivity index (χ1v) is 11.1. The normalized spacial score (nSPS) is 15.3. The molecule has 4 aromatic rings. The minimum Gasteiger partial charge on any atom is -0.342 e. The summed E-state index contributed by atoms with van der Waals surface area (Å²) in [6, 6.07) is 6.57. The molecule has 0 saturated carbocycles. The second-order valence-corrected chi connectivity index (χ2v) is 9.15. The highest BCUT2D eigenvalue weighted by Gasteiger charge is 2.26. The number of pyridine rings is 1. The Morgan fingerprint density at radius 2 is 1.94 bits per heavy atom. The van der Waals surface area contributed by atoms with Crippen LogP contribution >= 0.6 is 0 Å². The van der Waals surface area contributed by atoms with Crippen molar-refractivity contribution in [2.24, 2.45) is 0 Å². The second kappa shape index (κ2) is 8.02. The highest BCUT2D eigenvalue weighted by Crippen LogP contribution is 2.35. The number of benzene rings is 1. The lowest BCUT2D eigenvalue weighted by atomic mass is 9.90. The Kier molecular flexibility index (Phi) is 5.17. The van der Waals surface area contributed by atoms with E-state index in [4.69, 9.17) is 0 Å². The Bertz CT molecular complexity index is 1290. The van der Waals surface area contributed by atoms with Crippen molar-refractivity contribution in [1.82, 2.24) is 34.6 Å². The number of likely N-dealkylation sites (tertiary alicyclic amines) is 1. The molecular formula is C24H29N7O. The molecule has 166 valence electrons. The van der Waals surface area contributed by atoms with Gasteiger partial charge < -0.3 is 9.80 Å². The standard InChI is InChI=1S/C24H29N7O/c1-15-10-20-21(11-19(15)18-9-16(2)24-25-14-26-31(24)12-18)27-28-23(20)17-5-7-30(8-6-17)22(32)13-29(3)4/h9-12,14,17H,5-8,13H2,1-4H3,(H,27,28). The number of aromatic amines is 1. The van der Waals surface area contributed by atoms with Crippen LogP contribution in [0.4, 0.5) is 0 Å². The van der Waals surface area contributed by atoms with Gasteiger partial charge in [-0.2, -0.15) is 10.2 Å². The van der Waals surface area contributed by atoms with Crippen LogP contribution in [0.25, 0.3) is 27.7 Å². The van der Waals surface area contributed by atoms with Gasteiger partial charge in [0.1, 0.15) is 6.33 Å². The van der Waals surface area contributed by atoms with Crippen LogP contribution in [0.2, 0.25) is 0 Å². The SMILES string of the molecule is Cc1cc2c(C3CCN(C(=O)CN(C)C)CC3)[nH]nc2cc1-c1cc(C)c2ncnn2c1. The van der Waals surface area contributed by atoms with E-state index in [1.54, 1.807) is 6.33 Å². The van der Waals surface area contributed by atoms with Gasteiger partial charge in [0.05, 0.1) is 12.1 Å². The molecule has 32 heavy (non-hydrogen) atoms. The van der Waals surface area contributed by atoms with E-state index >= 15 is 0 Å². The molecule has 5 rings (SSSR count). The number of hydrogen-bond acceptors (Lipinski definition) is 5. The summed E-state index contributed by atoms with van der Waals surface area (Å²) in [4.78, 5) is 20.6. The van der Waals surface area contributed by atoms with E-state index in [1.165, 1.54) is 16.6 Å². The third kappa shape index (κ3) is 3.64. The molecule has 1 aromatic carbocycles. The Hall–Kier alpha value is -3.26. The fourth-order valence-electron chi connectivity index (χ4n) is 4.84. The molecule has 1 saturated heterocycles. The van der Waals surface area contributed by atoms with Crippen molar-refractivity contribution in [1.29, 1.82) is 0 Å².